The molecule has 0 N–H and O–H groups in total. The molecular formula is C14H13ClS. The Morgan fingerprint density at radius 3 is 2.25 bits per heavy atom. The lowest BCUT2D eigenvalue weighted by molar-refractivity contribution is 1.26. The number of aryl methyl sites for hydroxylation is 2. The van der Waals surface area contributed by atoms with E-state index < -0.39 is 0 Å². The maximum Gasteiger partial charge on any atom is 0.0406 e. The largest absolute Gasteiger partial charge is 0.0898 e. The average molecular weight is 249 g/mol. The maximum absolute atomic E-state index is 5.86. The molecule has 0 saturated carbocycles. The Bertz CT molecular complexity index is 489. The number of hydrogen-bond donors (Lipinski definition) is 0. The second kappa shape index (κ2) is 4.94. The van der Waals surface area contributed by atoms with E-state index in [0.29, 0.717) is 0 Å². The Hall–Kier alpha value is -0.920. The van der Waals surface area contributed by atoms with Crippen molar-refractivity contribution in [3.05, 3.63) is 58.6 Å². The van der Waals surface area contributed by atoms with E-state index in [4.69, 9.17) is 11.6 Å². The normalized spacial score (nSPS) is 10.4. The van der Waals surface area contributed by atoms with Crippen LogP contribution < -0.4 is 0 Å². The van der Waals surface area contributed by atoms with Crippen molar-refractivity contribution in [3.63, 3.8) is 0 Å². The summed E-state index contributed by atoms with van der Waals surface area (Å²) in [6, 6.07) is 14.5. The van der Waals surface area contributed by atoms with Gasteiger partial charge in [0.25, 0.3) is 0 Å². The quantitative estimate of drug-likeness (QED) is 0.712. The summed E-state index contributed by atoms with van der Waals surface area (Å²) >= 11 is 7.63. The van der Waals surface area contributed by atoms with Gasteiger partial charge >= 0.3 is 0 Å². The topological polar surface area (TPSA) is 0 Å². The molecule has 0 aliphatic carbocycles. The highest BCUT2D eigenvalue weighted by Crippen LogP contribution is 2.31. The Balaban J connectivity index is 2.23. The smallest absolute Gasteiger partial charge is 0.0406 e. The molecule has 2 rings (SSSR count). The van der Waals surface area contributed by atoms with Crippen molar-refractivity contribution >= 4 is 23.4 Å². The maximum atomic E-state index is 5.86. The van der Waals surface area contributed by atoms with Crippen LogP contribution in [0.4, 0.5) is 0 Å². The molecule has 2 aromatic rings. The van der Waals surface area contributed by atoms with Crippen molar-refractivity contribution in [1.82, 2.24) is 0 Å². The molecule has 0 fully saturated rings. The fourth-order valence-corrected chi connectivity index (χ4v) is 2.55. The third kappa shape index (κ3) is 2.81. The monoisotopic (exact) mass is 248 g/mol. The Morgan fingerprint density at radius 2 is 1.62 bits per heavy atom. The predicted molar refractivity (Wildman–Crippen MR) is 71.5 cm³/mol. The molecule has 0 saturated heterocycles. The molecular weight excluding hydrogens is 236 g/mol. The van der Waals surface area contributed by atoms with Gasteiger partial charge < -0.3 is 0 Å². The number of rotatable bonds is 2. The predicted octanol–water partition coefficient (Wildman–Crippen LogP) is 5.11. The van der Waals surface area contributed by atoms with Crippen LogP contribution in [0.5, 0.6) is 0 Å². The summed E-state index contributed by atoms with van der Waals surface area (Å²) in [4.78, 5) is 2.52. The van der Waals surface area contributed by atoms with Gasteiger partial charge in [-0.1, -0.05) is 41.1 Å². The van der Waals surface area contributed by atoms with E-state index in [0.717, 1.165) is 5.02 Å². The standard InChI is InChI=1S/C14H13ClS/c1-10-3-8-14(11(2)9-10)16-13-6-4-12(15)5-7-13/h3-9H,1-2H3. The highest BCUT2D eigenvalue weighted by Gasteiger charge is 2.01. The number of hydrogen-bond acceptors (Lipinski definition) is 1. The van der Waals surface area contributed by atoms with Gasteiger partial charge in [0.05, 0.1) is 0 Å². The van der Waals surface area contributed by atoms with Crippen LogP contribution in [0.15, 0.2) is 52.3 Å². The lowest BCUT2D eigenvalue weighted by Gasteiger charge is -2.06. The van der Waals surface area contributed by atoms with Gasteiger partial charge in [-0.2, -0.15) is 0 Å². The average Bonchev–Trinajstić information content (AvgIpc) is 2.25. The molecule has 2 aromatic carbocycles. The van der Waals surface area contributed by atoms with Gasteiger partial charge in [0.2, 0.25) is 0 Å². The minimum atomic E-state index is 0.782. The van der Waals surface area contributed by atoms with Gasteiger partial charge in [-0.05, 0) is 49.7 Å². The third-order valence-electron chi connectivity index (χ3n) is 2.37. The van der Waals surface area contributed by atoms with Crippen molar-refractivity contribution in [2.45, 2.75) is 23.6 Å². The summed E-state index contributed by atoms with van der Waals surface area (Å²) in [7, 11) is 0. The Kier molecular flexibility index (Phi) is 3.57. The molecule has 0 aromatic heterocycles. The fraction of sp³-hybridized carbons (Fsp3) is 0.143. The molecule has 16 heavy (non-hydrogen) atoms. The van der Waals surface area contributed by atoms with Crippen LogP contribution in [0.2, 0.25) is 5.02 Å². The summed E-state index contributed by atoms with van der Waals surface area (Å²) in [6.07, 6.45) is 0. The Morgan fingerprint density at radius 1 is 0.938 bits per heavy atom. The van der Waals surface area contributed by atoms with Crippen LogP contribution in [-0.4, -0.2) is 0 Å². The van der Waals surface area contributed by atoms with E-state index in [2.05, 4.69) is 32.0 Å². The third-order valence-corrected chi connectivity index (χ3v) is 3.81. The molecule has 82 valence electrons. The van der Waals surface area contributed by atoms with Crippen molar-refractivity contribution in [2.24, 2.45) is 0 Å². The van der Waals surface area contributed by atoms with E-state index in [9.17, 15) is 0 Å². The number of benzene rings is 2. The minimum absolute atomic E-state index is 0.782. The Labute approximate surface area is 106 Å². The summed E-state index contributed by atoms with van der Waals surface area (Å²) in [6.45, 7) is 4.26. The molecule has 0 nitrogen and oxygen atoms in total. The minimum Gasteiger partial charge on any atom is -0.0898 e. The zero-order valence-electron chi connectivity index (χ0n) is 9.33. The van der Waals surface area contributed by atoms with Crippen LogP contribution in [-0.2, 0) is 0 Å². The molecule has 0 atom stereocenters. The van der Waals surface area contributed by atoms with E-state index >= 15 is 0 Å². The SMILES string of the molecule is Cc1ccc(Sc2ccc(Cl)cc2)c(C)c1. The van der Waals surface area contributed by atoms with Crippen LogP contribution >= 0.6 is 23.4 Å². The zero-order valence-corrected chi connectivity index (χ0v) is 10.9. The van der Waals surface area contributed by atoms with Crippen LogP contribution in [0.3, 0.4) is 0 Å². The molecule has 0 aliphatic heterocycles. The van der Waals surface area contributed by atoms with Gasteiger partial charge in [-0.3, -0.25) is 0 Å². The number of halogens is 1. The van der Waals surface area contributed by atoms with Crippen molar-refractivity contribution in [2.75, 3.05) is 0 Å². The van der Waals surface area contributed by atoms with Crippen molar-refractivity contribution in [3.8, 4) is 0 Å². The van der Waals surface area contributed by atoms with Crippen molar-refractivity contribution < 1.29 is 0 Å². The zero-order chi connectivity index (χ0) is 11.5. The molecule has 0 spiro atoms. The molecule has 0 bridgehead atoms. The van der Waals surface area contributed by atoms with Gasteiger partial charge in [-0.25, -0.2) is 0 Å². The van der Waals surface area contributed by atoms with Gasteiger partial charge in [0.1, 0.15) is 0 Å². The van der Waals surface area contributed by atoms with E-state index in [-0.39, 0.29) is 0 Å². The van der Waals surface area contributed by atoms with Gasteiger partial charge in [0, 0.05) is 14.8 Å². The van der Waals surface area contributed by atoms with Crippen LogP contribution in [0, 0.1) is 13.8 Å². The summed E-state index contributed by atoms with van der Waals surface area (Å²) < 4.78 is 0. The lowest BCUT2D eigenvalue weighted by atomic mass is 10.2. The molecule has 0 amide bonds. The molecule has 0 unspecified atom stereocenters. The first kappa shape index (κ1) is 11.6. The first-order valence-corrected chi connectivity index (χ1v) is 6.35. The van der Waals surface area contributed by atoms with Gasteiger partial charge in [-0.15, -0.1) is 0 Å². The summed E-state index contributed by atoms with van der Waals surface area (Å²) in [5, 5.41) is 0.782. The van der Waals surface area contributed by atoms with E-state index in [1.807, 2.05) is 24.3 Å². The highest BCUT2D eigenvalue weighted by molar-refractivity contribution is 7.99. The second-order valence-corrected chi connectivity index (χ2v) is 5.38. The van der Waals surface area contributed by atoms with Gasteiger partial charge in [0.15, 0.2) is 0 Å². The van der Waals surface area contributed by atoms with Crippen LogP contribution in [0.1, 0.15) is 11.1 Å². The summed E-state index contributed by atoms with van der Waals surface area (Å²) in [5.41, 5.74) is 2.62. The van der Waals surface area contributed by atoms with E-state index in [1.54, 1.807) is 11.8 Å². The van der Waals surface area contributed by atoms with Crippen LogP contribution in [0.25, 0.3) is 0 Å². The second-order valence-electron chi connectivity index (χ2n) is 3.82. The summed E-state index contributed by atoms with van der Waals surface area (Å²) in [5.74, 6) is 0. The first-order chi connectivity index (χ1) is 7.65. The molecule has 0 aliphatic rings. The molecule has 2 heteroatoms. The van der Waals surface area contributed by atoms with Crippen molar-refractivity contribution in [1.29, 1.82) is 0 Å². The lowest BCUT2D eigenvalue weighted by Crippen LogP contribution is -1.81. The molecule has 0 heterocycles. The molecule has 0 radical (unpaired) electrons. The highest BCUT2D eigenvalue weighted by atomic mass is 35.5. The fourth-order valence-electron chi connectivity index (χ4n) is 1.54. The van der Waals surface area contributed by atoms with E-state index in [1.165, 1.54) is 20.9 Å². The first-order valence-electron chi connectivity index (χ1n) is 5.16.